The van der Waals surface area contributed by atoms with E-state index in [4.69, 9.17) is 19.2 Å². The number of carbonyl (C=O) groups is 1. The maximum absolute atomic E-state index is 12.9. The Kier molecular flexibility index (Phi) is 5.96. The van der Waals surface area contributed by atoms with Gasteiger partial charge in [0.1, 0.15) is 17.4 Å². The zero-order valence-electron chi connectivity index (χ0n) is 17.9. The van der Waals surface area contributed by atoms with Crippen LogP contribution >= 0.6 is 11.3 Å². The Labute approximate surface area is 191 Å². The molecule has 0 bridgehead atoms. The van der Waals surface area contributed by atoms with Crippen LogP contribution in [0.4, 0.5) is 0 Å². The van der Waals surface area contributed by atoms with Crippen molar-refractivity contribution in [3.63, 3.8) is 0 Å². The highest BCUT2D eigenvalue weighted by molar-refractivity contribution is 7.09. The number of fused-ring (bicyclic) bond motifs is 1. The van der Waals surface area contributed by atoms with Crippen LogP contribution in [-0.4, -0.2) is 66.7 Å². The summed E-state index contributed by atoms with van der Waals surface area (Å²) in [6, 6.07) is 15.4. The topological polar surface area (TPSA) is 64.1 Å². The first kappa shape index (κ1) is 20.8. The zero-order chi connectivity index (χ0) is 21.9. The van der Waals surface area contributed by atoms with Crippen molar-refractivity contribution in [3.05, 3.63) is 58.9 Å². The lowest BCUT2D eigenvalue weighted by molar-refractivity contribution is -0.143. The maximum atomic E-state index is 12.9. The highest BCUT2D eigenvalue weighted by atomic mass is 32.1. The van der Waals surface area contributed by atoms with Crippen LogP contribution in [0.5, 0.6) is 17.2 Å². The number of aromatic nitrogens is 1. The molecule has 2 aromatic carbocycles. The number of benzene rings is 2. The van der Waals surface area contributed by atoms with Gasteiger partial charge in [0, 0.05) is 37.1 Å². The molecule has 1 saturated heterocycles. The van der Waals surface area contributed by atoms with Crippen molar-refractivity contribution >= 4 is 17.2 Å². The average Bonchev–Trinajstić information content (AvgIpc) is 3.32. The highest BCUT2D eigenvalue weighted by Crippen LogP contribution is 2.31. The quantitative estimate of drug-likeness (QED) is 0.593. The fraction of sp³-hybridized carbons (Fsp3) is 0.333. The Morgan fingerprint density at radius 3 is 2.59 bits per heavy atom. The minimum absolute atomic E-state index is 0.00445. The Hall–Kier alpha value is -3.10. The van der Waals surface area contributed by atoms with E-state index in [1.54, 1.807) is 18.4 Å². The molecule has 166 valence electrons. The van der Waals surface area contributed by atoms with Gasteiger partial charge in [-0.2, -0.15) is 0 Å². The normalized spacial score (nSPS) is 18.4. The Bertz CT molecular complexity index is 1080. The van der Waals surface area contributed by atoms with E-state index in [-0.39, 0.29) is 12.5 Å². The summed E-state index contributed by atoms with van der Waals surface area (Å²) >= 11 is 1.67. The van der Waals surface area contributed by atoms with Gasteiger partial charge in [0.25, 0.3) is 5.91 Å². The number of piperazine rings is 1. The second kappa shape index (κ2) is 9.18. The number of nitrogens with zero attached hydrogens (tertiary/aromatic N) is 3. The summed E-state index contributed by atoms with van der Waals surface area (Å²) in [5.74, 6) is 2.16. The molecule has 3 heterocycles. The second-order valence-corrected chi connectivity index (χ2v) is 8.76. The van der Waals surface area contributed by atoms with Crippen LogP contribution < -0.4 is 14.2 Å². The third-order valence-corrected chi connectivity index (χ3v) is 6.60. The largest absolute Gasteiger partial charge is 0.497 e. The summed E-state index contributed by atoms with van der Waals surface area (Å²) in [5, 5.41) is 3.17. The monoisotopic (exact) mass is 451 g/mol. The number of thiazole rings is 1. The Balaban J connectivity index is 1.14. The summed E-state index contributed by atoms with van der Waals surface area (Å²) in [7, 11) is 1.66. The van der Waals surface area contributed by atoms with E-state index in [1.165, 1.54) is 0 Å². The minimum Gasteiger partial charge on any atom is -0.497 e. The molecule has 0 saturated carbocycles. The molecule has 1 amide bonds. The second-order valence-electron chi connectivity index (χ2n) is 7.82. The summed E-state index contributed by atoms with van der Waals surface area (Å²) in [4.78, 5) is 21.9. The lowest BCUT2D eigenvalue weighted by atomic mass is 10.2. The van der Waals surface area contributed by atoms with Gasteiger partial charge in [0.15, 0.2) is 11.5 Å². The summed E-state index contributed by atoms with van der Waals surface area (Å²) in [6.07, 6.45) is -0.581. The third kappa shape index (κ3) is 4.42. The van der Waals surface area contributed by atoms with Gasteiger partial charge >= 0.3 is 0 Å². The van der Waals surface area contributed by atoms with Crippen LogP contribution in [0, 0.1) is 0 Å². The first-order valence-electron chi connectivity index (χ1n) is 10.7. The van der Waals surface area contributed by atoms with E-state index in [2.05, 4.69) is 10.3 Å². The molecule has 1 unspecified atom stereocenters. The highest BCUT2D eigenvalue weighted by Gasteiger charge is 2.32. The van der Waals surface area contributed by atoms with Gasteiger partial charge in [-0.05, 0) is 36.4 Å². The average molecular weight is 452 g/mol. The molecule has 2 aliphatic heterocycles. The zero-order valence-corrected chi connectivity index (χ0v) is 18.7. The SMILES string of the molecule is COc1ccc(-c2csc(CN3CCN(C(=O)C4COc5ccccc5O4)CC3)n2)cc1. The predicted octanol–water partition coefficient (Wildman–Crippen LogP) is 3.30. The fourth-order valence-electron chi connectivity index (χ4n) is 3.94. The molecule has 1 fully saturated rings. The molecule has 0 spiro atoms. The number of amides is 1. The van der Waals surface area contributed by atoms with Crippen LogP contribution in [-0.2, 0) is 11.3 Å². The molecular weight excluding hydrogens is 426 g/mol. The number of rotatable bonds is 5. The van der Waals surface area contributed by atoms with Crippen molar-refractivity contribution in [2.45, 2.75) is 12.6 Å². The van der Waals surface area contributed by atoms with Crippen molar-refractivity contribution < 1.29 is 19.0 Å². The Morgan fingerprint density at radius 2 is 1.84 bits per heavy atom. The van der Waals surface area contributed by atoms with E-state index in [1.807, 2.05) is 53.4 Å². The summed E-state index contributed by atoms with van der Waals surface area (Å²) in [5.41, 5.74) is 2.07. The van der Waals surface area contributed by atoms with E-state index in [0.717, 1.165) is 41.6 Å². The van der Waals surface area contributed by atoms with Gasteiger partial charge < -0.3 is 19.1 Å². The molecule has 1 atom stereocenters. The molecule has 2 aliphatic rings. The predicted molar refractivity (Wildman–Crippen MR) is 122 cm³/mol. The van der Waals surface area contributed by atoms with Crippen LogP contribution in [0.2, 0.25) is 0 Å². The van der Waals surface area contributed by atoms with Gasteiger partial charge in [-0.25, -0.2) is 4.98 Å². The van der Waals surface area contributed by atoms with Crippen LogP contribution in [0.3, 0.4) is 0 Å². The van der Waals surface area contributed by atoms with E-state index in [0.29, 0.717) is 24.6 Å². The third-order valence-electron chi connectivity index (χ3n) is 5.76. The van der Waals surface area contributed by atoms with Crippen LogP contribution in [0.25, 0.3) is 11.3 Å². The Morgan fingerprint density at radius 1 is 1.09 bits per heavy atom. The molecule has 3 aromatic rings. The van der Waals surface area contributed by atoms with Crippen LogP contribution in [0.15, 0.2) is 53.9 Å². The minimum atomic E-state index is -0.581. The van der Waals surface area contributed by atoms with Gasteiger partial charge in [-0.15, -0.1) is 11.3 Å². The van der Waals surface area contributed by atoms with Crippen molar-refractivity contribution in [1.29, 1.82) is 0 Å². The summed E-state index contributed by atoms with van der Waals surface area (Å²) in [6.45, 7) is 4.03. The number of ether oxygens (including phenoxy) is 3. The number of hydrogen-bond donors (Lipinski definition) is 0. The molecular formula is C24H25N3O4S. The fourth-order valence-corrected chi connectivity index (χ4v) is 4.79. The van der Waals surface area contributed by atoms with Crippen molar-refractivity contribution in [3.8, 4) is 28.5 Å². The van der Waals surface area contributed by atoms with Crippen molar-refractivity contribution in [1.82, 2.24) is 14.8 Å². The molecule has 0 aliphatic carbocycles. The number of carbonyl (C=O) groups excluding carboxylic acids is 1. The van der Waals surface area contributed by atoms with Crippen molar-refractivity contribution in [2.75, 3.05) is 39.9 Å². The smallest absolute Gasteiger partial charge is 0.267 e. The lowest BCUT2D eigenvalue weighted by Crippen LogP contribution is -2.53. The molecule has 1 aromatic heterocycles. The van der Waals surface area contributed by atoms with Gasteiger partial charge in [-0.1, -0.05) is 12.1 Å². The standard InChI is InChI=1S/C24H25N3O4S/c1-29-18-8-6-17(7-9-18)19-16-32-23(25-19)14-26-10-12-27(13-11-26)24(28)22-15-30-20-4-2-3-5-21(20)31-22/h2-9,16,22H,10-15H2,1H3. The first-order chi connectivity index (χ1) is 15.7. The number of hydrogen-bond acceptors (Lipinski definition) is 7. The maximum Gasteiger partial charge on any atom is 0.267 e. The molecule has 0 radical (unpaired) electrons. The van der Waals surface area contributed by atoms with Crippen molar-refractivity contribution in [2.24, 2.45) is 0 Å². The molecule has 5 rings (SSSR count). The molecule has 8 heteroatoms. The van der Waals surface area contributed by atoms with Gasteiger partial charge in [-0.3, -0.25) is 9.69 Å². The number of methoxy groups -OCH3 is 1. The van der Waals surface area contributed by atoms with Gasteiger partial charge in [0.2, 0.25) is 6.10 Å². The van der Waals surface area contributed by atoms with E-state index < -0.39 is 6.10 Å². The number of para-hydroxylation sites is 2. The van der Waals surface area contributed by atoms with Gasteiger partial charge in [0.05, 0.1) is 19.3 Å². The van der Waals surface area contributed by atoms with Crippen LogP contribution in [0.1, 0.15) is 5.01 Å². The molecule has 0 N–H and O–H groups in total. The summed E-state index contributed by atoms with van der Waals surface area (Å²) < 4.78 is 16.8. The van der Waals surface area contributed by atoms with E-state index >= 15 is 0 Å². The molecule has 7 nitrogen and oxygen atoms in total. The lowest BCUT2D eigenvalue weighted by Gasteiger charge is -2.36. The molecule has 32 heavy (non-hydrogen) atoms. The first-order valence-corrected chi connectivity index (χ1v) is 11.6. The van der Waals surface area contributed by atoms with E-state index in [9.17, 15) is 4.79 Å².